The predicted molar refractivity (Wildman–Crippen MR) is 70.4 cm³/mol. The Kier molecular flexibility index (Phi) is 3.89. The number of nitro groups is 1. The molecule has 0 spiro atoms. The van der Waals surface area contributed by atoms with Gasteiger partial charge in [0.05, 0.1) is 15.8 Å². The van der Waals surface area contributed by atoms with E-state index in [1.165, 1.54) is 0 Å². The van der Waals surface area contributed by atoms with Gasteiger partial charge in [-0.15, -0.1) is 10.2 Å². The second-order valence-corrected chi connectivity index (χ2v) is 4.30. The molecule has 0 N–H and O–H groups in total. The van der Waals surface area contributed by atoms with Gasteiger partial charge in [0.1, 0.15) is 11.6 Å². The minimum absolute atomic E-state index is 0.131. The number of benzene rings is 1. The van der Waals surface area contributed by atoms with Gasteiger partial charge >= 0.3 is 0 Å². The van der Waals surface area contributed by atoms with Gasteiger partial charge in [0.2, 0.25) is 0 Å². The van der Waals surface area contributed by atoms with E-state index in [2.05, 4.69) is 26.1 Å². The summed E-state index contributed by atoms with van der Waals surface area (Å²) in [5, 5.41) is 19.3. The molecule has 19 heavy (non-hydrogen) atoms. The molecule has 1 heterocycles. The van der Waals surface area contributed by atoms with Gasteiger partial charge in [0.25, 0.3) is 5.69 Å². The number of aromatic nitrogens is 3. The van der Waals surface area contributed by atoms with Gasteiger partial charge in [-0.25, -0.2) is 4.39 Å². The number of nitro benzene ring substituents is 1. The molecule has 0 radical (unpaired) electrons. The van der Waals surface area contributed by atoms with Crippen molar-refractivity contribution in [2.75, 3.05) is 0 Å². The molecule has 0 aliphatic heterocycles. The van der Waals surface area contributed by atoms with Crippen LogP contribution in [0.5, 0.6) is 0 Å². The molecule has 0 atom stereocenters. The number of halogens is 2. The Morgan fingerprint density at radius 1 is 1.47 bits per heavy atom. The monoisotopic (exact) mass is 328 g/mol. The van der Waals surface area contributed by atoms with E-state index in [1.54, 1.807) is 4.57 Å². The van der Waals surface area contributed by atoms with Crippen molar-refractivity contribution in [3.8, 4) is 11.4 Å². The normalized spacial score (nSPS) is 10.7. The van der Waals surface area contributed by atoms with Crippen LogP contribution in [0.1, 0.15) is 12.7 Å². The van der Waals surface area contributed by atoms with E-state index < -0.39 is 10.7 Å². The molecule has 2 aromatic rings. The maximum Gasteiger partial charge on any atom is 0.280 e. The molecule has 8 heteroatoms. The fourth-order valence-electron chi connectivity index (χ4n) is 1.81. The van der Waals surface area contributed by atoms with Gasteiger partial charge in [-0.3, -0.25) is 10.1 Å². The number of rotatable bonds is 4. The summed E-state index contributed by atoms with van der Waals surface area (Å²) in [6.45, 7) is 2.40. The highest BCUT2D eigenvalue weighted by atomic mass is 79.9. The first-order valence-corrected chi connectivity index (χ1v) is 6.63. The number of nitrogens with zero attached hydrogens (tertiary/aromatic N) is 4. The summed E-state index contributed by atoms with van der Waals surface area (Å²) in [6, 6.07) is 3.29. The Morgan fingerprint density at radius 2 is 2.21 bits per heavy atom. The molecule has 1 aromatic heterocycles. The Morgan fingerprint density at radius 3 is 2.79 bits per heavy atom. The molecular formula is C11H10BrFN4O2. The standard InChI is InChI=1S/C11H10BrFN4O2/c1-2-16-10(6-12)14-15-11(16)8-5-7(13)3-4-9(8)17(18)19/h3-5H,2,6H2,1H3. The predicted octanol–water partition coefficient (Wildman–Crippen LogP) is 2.91. The first-order valence-electron chi connectivity index (χ1n) is 5.50. The highest BCUT2D eigenvalue weighted by molar-refractivity contribution is 9.08. The summed E-state index contributed by atoms with van der Waals surface area (Å²) in [5.74, 6) is 0.380. The first kappa shape index (κ1) is 13.6. The van der Waals surface area contributed by atoms with Crippen LogP contribution in [-0.2, 0) is 11.9 Å². The van der Waals surface area contributed by atoms with E-state index in [0.717, 1.165) is 18.2 Å². The Balaban J connectivity index is 2.67. The van der Waals surface area contributed by atoms with Gasteiger partial charge in [-0.1, -0.05) is 15.9 Å². The lowest BCUT2D eigenvalue weighted by Gasteiger charge is -2.06. The van der Waals surface area contributed by atoms with E-state index in [1.807, 2.05) is 6.92 Å². The van der Waals surface area contributed by atoms with Gasteiger partial charge in [-0.2, -0.15) is 0 Å². The molecule has 0 unspecified atom stereocenters. The lowest BCUT2D eigenvalue weighted by atomic mass is 10.1. The maximum atomic E-state index is 13.3. The average molecular weight is 329 g/mol. The molecule has 0 saturated heterocycles. The lowest BCUT2D eigenvalue weighted by molar-refractivity contribution is -0.384. The van der Waals surface area contributed by atoms with Gasteiger partial charge in [-0.05, 0) is 19.1 Å². The molecule has 0 amide bonds. The van der Waals surface area contributed by atoms with Crippen molar-refractivity contribution < 1.29 is 9.31 Å². The molecule has 0 saturated carbocycles. The number of alkyl halides is 1. The summed E-state index contributed by atoms with van der Waals surface area (Å²) < 4.78 is 15.0. The zero-order chi connectivity index (χ0) is 14.0. The van der Waals surface area contributed by atoms with Gasteiger partial charge < -0.3 is 4.57 Å². The van der Waals surface area contributed by atoms with Crippen LogP contribution in [-0.4, -0.2) is 19.7 Å². The Hall–Kier alpha value is -1.83. The van der Waals surface area contributed by atoms with Crippen molar-refractivity contribution in [1.29, 1.82) is 0 Å². The third kappa shape index (κ3) is 2.48. The molecule has 100 valence electrons. The molecule has 0 aliphatic carbocycles. The highest BCUT2D eigenvalue weighted by Gasteiger charge is 2.22. The van der Waals surface area contributed by atoms with Crippen molar-refractivity contribution in [2.24, 2.45) is 0 Å². The Bertz CT molecular complexity index is 629. The average Bonchev–Trinajstić information content (AvgIpc) is 2.80. The van der Waals surface area contributed by atoms with Crippen LogP contribution in [0.4, 0.5) is 10.1 Å². The van der Waals surface area contributed by atoms with E-state index in [-0.39, 0.29) is 11.3 Å². The number of hydrogen-bond donors (Lipinski definition) is 0. The van der Waals surface area contributed by atoms with E-state index >= 15 is 0 Å². The van der Waals surface area contributed by atoms with Crippen molar-refractivity contribution in [2.45, 2.75) is 18.8 Å². The minimum Gasteiger partial charge on any atom is -0.310 e. The van der Waals surface area contributed by atoms with E-state index in [9.17, 15) is 14.5 Å². The van der Waals surface area contributed by atoms with Gasteiger partial charge in [0.15, 0.2) is 5.82 Å². The molecule has 2 rings (SSSR count). The molecular weight excluding hydrogens is 319 g/mol. The van der Waals surface area contributed by atoms with Crippen molar-refractivity contribution >= 4 is 21.6 Å². The summed E-state index contributed by atoms with van der Waals surface area (Å²) in [5.41, 5.74) is -0.0591. The third-order valence-corrected chi connectivity index (χ3v) is 3.16. The van der Waals surface area contributed by atoms with Crippen LogP contribution in [0.15, 0.2) is 18.2 Å². The van der Waals surface area contributed by atoms with Crippen LogP contribution >= 0.6 is 15.9 Å². The summed E-state index contributed by atoms with van der Waals surface area (Å²) >= 11 is 3.27. The first-order chi connectivity index (χ1) is 9.08. The fraction of sp³-hybridized carbons (Fsp3) is 0.273. The van der Waals surface area contributed by atoms with Crippen LogP contribution in [0.3, 0.4) is 0 Å². The van der Waals surface area contributed by atoms with E-state index in [4.69, 9.17) is 0 Å². The minimum atomic E-state index is -0.558. The zero-order valence-electron chi connectivity index (χ0n) is 10.0. The number of hydrogen-bond acceptors (Lipinski definition) is 4. The van der Waals surface area contributed by atoms with Crippen LogP contribution in [0, 0.1) is 15.9 Å². The molecule has 0 fully saturated rings. The SMILES string of the molecule is CCn1c(CBr)nnc1-c1cc(F)ccc1[N+](=O)[O-]. The second kappa shape index (κ2) is 5.43. The molecule has 0 aliphatic rings. The maximum absolute atomic E-state index is 13.3. The lowest BCUT2D eigenvalue weighted by Crippen LogP contribution is -2.03. The van der Waals surface area contributed by atoms with E-state index in [0.29, 0.717) is 23.5 Å². The van der Waals surface area contributed by atoms with Gasteiger partial charge in [0, 0.05) is 12.6 Å². The Labute approximate surface area is 116 Å². The van der Waals surface area contributed by atoms with Crippen LogP contribution in [0.25, 0.3) is 11.4 Å². The van der Waals surface area contributed by atoms with Crippen molar-refractivity contribution in [1.82, 2.24) is 14.8 Å². The summed E-state index contributed by atoms with van der Waals surface area (Å²) in [4.78, 5) is 10.4. The quantitative estimate of drug-likeness (QED) is 0.491. The molecule has 6 nitrogen and oxygen atoms in total. The molecule has 1 aromatic carbocycles. The summed E-state index contributed by atoms with van der Waals surface area (Å²) in [7, 11) is 0. The van der Waals surface area contributed by atoms with Crippen molar-refractivity contribution in [3.05, 3.63) is 40.0 Å². The van der Waals surface area contributed by atoms with Crippen LogP contribution in [0.2, 0.25) is 0 Å². The smallest absolute Gasteiger partial charge is 0.280 e. The molecule has 0 bridgehead atoms. The topological polar surface area (TPSA) is 73.8 Å². The highest BCUT2D eigenvalue weighted by Crippen LogP contribution is 2.30. The zero-order valence-corrected chi connectivity index (χ0v) is 11.6. The van der Waals surface area contributed by atoms with Crippen molar-refractivity contribution in [3.63, 3.8) is 0 Å². The largest absolute Gasteiger partial charge is 0.310 e. The van der Waals surface area contributed by atoms with Crippen LogP contribution < -0.4 is 0 Å². The fourth-order valence-corrected chi connectivity index (χ4v) is 2.23. The second-order valence-electron chi connectivity index (χ2n) is 3.74. The summed E-state index contributed by atoms with van der Waals surface area (Å²) in [6.07, 6.45) is 0. The third-order valence-electron chi connectivity index (χ3n) is 2.66.